The predicted octanol–water partition coefficient (Wildman–Crippen LogP) is 10.2. The van der Waals surface area contributed by atoms with Crippen LogP contribution in [0.5, 0.6) is 0 Å². The third-order valence-corrected chi connectivity index (χ3v) is 10.5. The van der Waals surface area contributed by atoms with Crippen molar-refractivity contribution in [3.63, 3.8) is 0 Å². The summed E-state index contributed by atoms with van der Waals surface area (Å²) in [6.45, 7) is 12.9. The van der Waals surface area contributed by atoms with Gasteiger partial charge in [-0.1, -0.05) is 114 Å². The van der Waals surface area contributed by atoms with Crippen LogP contribution in [0.4, 0.5) is 0 Å². The number of ketones is 2. The van der Waals surface area contributed by atoms with Gasteiger partial charge >= 0.3 is 0 Å². The molecule has 0 bridgehead atoms. The van der Waals surface area contributed by atoms with Crippen LogP contribution in [-0.2, 0) is 17.6 Å². The first-order chi connectivity index (χ1) is 21.1. The van der Waals surface area contributed by atoms with Gasteiger partial charge in [-0.05, 0) is 97.9 Å². The van der Waals surface area contributed by atoms with E-state index in [1.807, 2.05) is 26.0 Å². The van der Waals surface area contributed by atoms with Crippen molar-refractivity contribution >= 4 is 17.8 Å². The number of fused-ring (bicyclic) bond motifs is 1. The van der Waals surface area contributed by atoms with Gasteiger partial charge in [0, 0.05) is 23.3 Å². The summed E-state index contributed by atoms with van der Waals surface area (Å²) in [6, 6.07) is 17.1. The fraction of sp³-hybridized carbons (Fsp3) is 0.537. The molecule has 1 heterocycles. The van der Waals surface area contributed by atoms with Crippen LogP contribution in [0.1, 0.15) is 119 Å². The summed E-state index contributed by atoms with van der Waals surface area (Å²) in [5.74, 6) is 1.58. The molecule has 0 radical (unpaired) electrons. The Morgan fingerprint density at radius 1 is 1.00 bits per heavy atom. The van der Waals surface area contributed by atoms with Gasteiger partial charge in [0.25, 0.3) is 0 Å². The zero-order valence-electron chi connectivity index (χ0n) is 28.1. The largest absolute Gasteiger partial charge is 0.299 e. The number of aryl methyl sites for hydroxylation is 1. The Morgan fingerprint density at radius 2 is 1.75 bits per heavy atom. The Morgan fingerprint density at radius 3 is 2.48 bits per heavy atom. The highest BCUT2D eigenvalue weighted by atomic mass is 16.1. The Labute approximate surface area is 267 Å². The van der Waals surface area contributed by atoms with Crippen molar-refractivity contribution < 1.29 is 9.59 Å². The van der Waals surface area contributed by atoms with Crippen LogP contribution in [0.3, 0.4) is 0 Å². The van der Waals surface area contributed by atoms with Crippen LogP contribution in [-0.4, -0.2) is 23.8 Å². The lowest BCUT2D eigenvalue weighted by molar-refractivity contribution is -0.127. The zero-order chi connectivity index (χ0) is 31.7. The van der Waals surface area contributed by atoms with Crippen LogP contribution >= 0.6 is 0 Å². The molecule has 6 atom stereocenters. The third kappa shape index (κ3) is 8.34. The Hall–Kier alpha value is -3.07. The number of Topliss-reactive ketones (excluding diaryl/α,β-unsaturated/α-hetero) is 2. The number of aliphatic imine (C=N–C) groups is 1. The van der Waals surface area contributed by atoms with E-state index in [9.17, 15) is 9.59 Å². The van der Waals surface area contributed by atoms with E-state index in [0.29, 0.717) is 17.6 Å². The maximum Gasteiger partial charge on any atom is 0.165 e. The molecule has 0 amide bonds. The van der Waals surface area contributed by atoms with E-state index in [-0.39, 0.29) is 35.0 Å². The summed E-state index contributed by atoms with van der Waals surface area (Å²) in [6.07, 6.45) is 20.2. The second kappa shape index (κ2) is 15.8. The van der Waals surface area contributed by atoms with E-state index >= 15 is 0 Å². The van der Waals surface area contributed by atoms with Gasteiger partial charge in [-0.3, -0.25) is 14.6 Å². The second-order valence-corrected chi connectivity index (χ2v) is 14.1. The summed E-state index contributed by atoms with van der Waals surface area (Å²) in [4.78, 5) is 31.4. The first-order valence-corrected chi connectivity index (χ1v) is 17.2. The SMILES string of the molecule is CCC(C)c1ccc(C(=O)C(C)Cc2cccc(CCC=CCC3CCC=NC4C(C(=O)C(C)C)CC=CCC34C)c2)cc1. The number of rotatable bonds is 13. The number of nitrogens with zero attached hydrogens (tertiary/aromatic N) is 1. The van der Waals surface area contributed by atoms with E-state index < -0.39 is 0 Å². The molecule has 0 aromatic heterocycles. The molecule has 0 saturated carbocycles. The van der Waals surface area contributed by atoms with E-state index in [4.69, 9.17) is 4.99 Å². The molecule has 0 spiro atoms. The highest BCUT2D eigenvalue weighted by Gasteiger charge is 2.47. The number of carbonyl (C=O) groups is 2. The highest BCUT2D eigenvalue weighted by molar-refractivity contribution is 5.97. The maximum absolute atomic E-state index is 13.2. The lowest BCUT2D eigenvalue weighted by Gasteiger charge is -2.42. The summed E-state index contributed by atoms with van der Waals surface area (Å²) in [5, 5.41) is 0. The van der Waals surface area contributed by atoms with Crippen molar-refractivity contribution in [2.45, 2.75) is 111 Å². The zero-order valence-corrected chi connectivity index (χ0v) is 28.1. The monoisotopic (exact) mass is 593 g/mol. The molecule has 236 valence electrons. The quantitative estimate of drug-likeness (QED) is 0.171. The average Bonchev–Trinajstić information content (AvgIpc) is 3.29. The molecular weight excluding hydrogens is 538 g/mol. The Kier molecular flexibility index (Phi) is 12.1. The van der Waals surface area contributed by atoms with Crippen molar-refractivity contribution in [1.29, 1.82) is 0 Å². The van der Waals surface area contributed by atoms with Crippen molar-refractivity contribution in [2.75, 3.05) is 0 Å². The van der Waals surface area contributed by atoms with Crippen molar-refractivity contribution in [1.82, 2.24) is 0 Å². The van der Waals surface area contributed by atoms with Crippen LogP contribution in [0.2, 0.25) is 0 Å². The number of carbonyl (C=O) groups excluding carboxylic acids is 2. The molecule has 6 unspecified atom stereocenters. The van der Waals surface area contributed by atoms with Crippen molar-refractivity contribution in [3.05, 3.63) is 95.1 Å². The molecule has 1 aliphatic heterocycles. The van der Waals surface area contributed by atoms with Gasteiger partial charge in [-0.25, -0.2) is 0 Å². The summed E-state index contributed by atoms with van der Waals surface area (Å²) in [5.41, 5.74) is 4.66. The van der Waals surface area contributed by atoms with Gasteiger partial charge in [0.2, 0.25) is 0 Å². The standard InChI is InChI=1S/C41H55NO2/c1-7-30(4)34-21-23-35(24-22-34)39(44)31(5)27-33-17-13-16-32(28-33)15-9-8-10-18-36-19-14-26-42-40-37(38(43)29(2)3)20-11-12-25-41(36,40)6/h8,10-13,16-17,21-24,26,28-31,36-37,40H,7,9,14-15,18-20,25,27H2,1-6H3. The van der Waals surface area contributed by atoms with Crippen molar-refractivity contribution in [2.24, 2.45) is 34.1 Å². The normalized spacial score (nSPS) is 24.9. The van der Waals surface area contributed by atoms with E-state index in [1.165, 1.54) is 16.7 Å². The minimum Gasteiger partial charge on any atom is -0.299 e. The first-order valence-electron chi connectivity index (χ1n) is 17.2. The molecular formula is C41H55NO2. The third-order valence-electron chi connectivity index (χ3n) is 10.5. The van der Waals surface area contributed by atoms with E-state index in [1.54, 1.807) is 0 Å². The van der Waals surface area contributed by atoms with E-state index in [2.05, 4.69) is 94.6 Å². The molecule has 0 N–H and O–H groups in total. The Bertz CT molecular complexity index is 1330. The van der Waals surface area contributed by atoms with Crippen molar-refractivity contribution in [3.8, 4) is 0 Å². The van der Waals surface area contributed by atoms with Gasteiger partial charge in [0.05, 0.1) is 6.04 Å². The fourth-order valence-corrected chi connectivity index (χ4v) is 7.34. The molecule has 2 aliphatic rings. The maximum atomic E-state index is 13.2. The molecule has 1 aliphatic carbocycles. The molecule has 44 heavy (non-hydrogen) atoms. The molecule has 2 aromatic rings. The van der Waals surface area contributed by atoms with Gasteiger partial charge < -0.3 is 0 Å². The molecule has 2 aromatic carbocycles. The average molecular weight is 594 g/mol. The lowest BCUT2D eigenvalue weighted by Crippen LogP contribution is -2.44. The summed E-state index contributed by atoms with van der Waals surface area (Å²) >= 11 is 0. The summed E-state index contributed by atoms with van der Waals surface area (Å²) < 4.78 is 0. The first kappa shape index (κ1) is 33.8. The lowest BCUT2D eigenvalue weighted by atomic mass is 9.63. The van der Waals surface area contributed by atoms with Crippen LogP contribution < -0.4 is 0 Å². The summed E-state index contributed by atoms with van der Waals surface area (Å²) in [7, 11) is 0. The van der Waals surface area contributed by atoms with Crippen LogP contribution in [0, 0.1) is 29.1 Å². The number of hydrogen-bond donors (Lipinski definition) is 0. The molecule has 0 fully saturated rings. The highest BCUT2D eigenvalue weighted by Crippen LogP contribution is 2.48. The minimum atomic E-state index is -0.0531. The minimum absolute atomic E-state index is 0.00200. The van der Waals surface area contributed by atoms with Gasteiger partial charge in [0.15, 0.2) is 5.78 Å². The molecule has 3 heteroatoms. The number of hydrogen-bond acceptors (Lipinski definition) is 3. The number of allylic oxidation sites excluding steroid dienone is 4. The predicted molar refractivity (Wildman–Crippen MR) is 186 cm³/mol. The molecule has 4 rings (SSSR count). The van der Waals surface area contributed by atoms with Gasteiger partial charge in [-0.2, -0.15) is 0 Å². The topological polar surface area (TPSA) is 46.5 Å². The molecule has 0 saturated heterocycles. The number of benzene rings is 2. The second-order valence-electron chi connectivity index (χ2n) is 14.1. The van der Waals surface area contributed by atoms with Gasteiger partial charge in [0.1, 0.15) is 5.78 Å². The fourth-order valence-electron chi connectivity index (χ4n) is 7.34. The van der Waals surface area contributed by atoms with Crippen LogP contribution in [0.15, 0.2) is 77.8 Å². The Balaban J connectivity index is 1.32. The molecule has 3 nitrogen and oxygen atoms in total. The van der Waals surface area contributed by atoms with E-state index in [0.717, 1.165) is 63.4 Å². The smallest absolute Gasteiger partial charge is 0.165 e. The van der Waals surface area contributed by atoms with Crippen LogP contribution in [0.25, 0.3) is 0 Å². The van der Waals surface area contributed by atoms with Gasteiger partial charge in [-0.15, -0.1) is 0 Å².